The van der Waals surface area contributed by atoms with Gasteiger partial charge in [-0.2, -0.15) is 5.26 Å². The second-order valence-corrected chi connectivity index (χ2v) is 13.3. The summed E-state index contributed by atoms with van der Waals surface area (Å²) in [6, 6.07) is 26.1. The lowest BCUT2D eigenvalue weighted by molar-refractivity contribution is 0.262. The fourth-order valence-electron chi connectivity index (χ4n) is 6.40. The number of benzene rings is 3. The summed E-state index contributed by atoms with van der Waals surface area (Å²) in [6.07, 6.45) is 8.65. The first-order valence-corrected chi connectivity index (χ1v) is 17.9. The van der Waals surface area contributed by atoms with Gasteiger partial charge < -0.3 is 24.4 Å². The number of rotatable bonds is 16. The lowest BCUT2D eigenvalue weighted by Crippen LogP contribution is -2.22. The highest BCUT2D eigenvalue weighted by Gasteiger charge is 2.16. The van der Waals surface area contributed by atoms with E-state index in [0.717, 1.165) is 63.4 Å². The van der Waals surface area contributed by atoms with E-state index in [0.29, 0.717) is 48.4 Å². The lowest BCUT2D eigenvalue weighted by atomic mass is 9.93. The predicted molar refractivity (Wildman–Crippen MR) is 201 cm³/mol. The van der Waals surface area contributed by atoms with Crippen LogP contribution in [-0.4, -0.2) is 41.1 Å². The SMILES string of the molecule is Cc1c(COc2cc(OCc3cncc(C#N)c3)c(CNCc3ccccn3)cc2Cl)cccc1-c1cccc(OCCCN2CCCC2)c1C. The molecule has 0 spiro atoms. The normalized spacial score (nSPS) is 12.8. The molecule has 1 fully saturated rings. The van der Waals surface area contributed by atoms with Crippen LogP contribution >= 0.6 is 11.6 Å². The van der Waals surface area contributed by atoms with Gasteiger partial charge in [0.15, 0.2) is 0 Å². The Hall–Kier alpha value is -4.94. The number of hydrogen-bond donors (Lipinski definition) is 1. The highest BCUT2D eigenvalue weighted by Crippen LogP contribution is 2.36. The number of nitrogens with zero attached hydrogens (tertiary/aromatic N) is 4. The largest absolute Gasteiger partial charge is 0.493 e. The van der Waals surface area contributed by atoms with Crippen LogP contribution in [0, 0.1) is 25.2 Å². The van der Waals surface area contributed by atoms with Crippen molar-refractivity contribution in [3.05, 3.63) is 135 Å². The second kappa shape index (κ2) is 17.8. The van der Waals surface area contributed by atoms with Crippen molar-refractivity contribution in [3.8, 4) is 34.4 Å². The van der Waals surface area contributed by atoms with Crippen molar-refractivity contribution in [1.29, 1.82) is 5.26 Å². The number of likely N-dealkylation sites (tertiary alicyclic amines) is 1. The van der Waals surface area contributed by atoms with Crippen LogP contribution < -0.4 is 19.5 Å². The van der Waals surface area contributed by atoms with Gasteiger partial charge in [0.2, 0.25) is 0 Å². The van der Waals surface area contributed by atoms with Crippen molar-refractivity contribution in [3.63, 3.8) is 0 Å². The van der Waals surface area contributed by atoms with Crippen molar-refractivity contribution >= 4 is 11.6 Å². The van der Waals surface area contributed by atoms with Crippen LogP contribution in [-0.2, 0) is 26.3 Å². The molecule has 5 aromatic rings. The van der Waals surface area contributed by atoms with Crippen LogP contribution in [0.25, 0.3) is 11.1 Å². The smallest absolute Gasteiger partial charge is 0.142 e. The van der Waals surface area contributed by atoms with Gasteiger partial charge in [-0.1, -0.05) is 48.0 Å². The van der Waals surface area contributed by atoms with E-state index in [1.54, 1.807) is 18.5 Å². The van der Waals surface area contributed by atoms with Gasteiger partial charge in [0.05, 0.1) is 22.9 Å². The molecule has 1 saturated heterocycles. The van der Waals surface area contributed by atoms with Crippen LogP contribution in [0.3, 0.4) is 0 Å². The molecule has 2 aromatic heterocycles. The van der Waals surface area contributed by atoms with Gasteiger partial charge in [-0.3, -0.25) is 9.97 Å². The summed E-state index contributed by atoms with van der Waals surface area (Å²) in [5, 5.41) is 13.2. The van der Waals surface area contributed by atoms with Gasteiger partial charge in [-0.05, 0) is 104 Å². The Morgan fingerprint density at radius 3 is 2.41 bits per heavy atom. The molecule has 1 N–H and O–H groups in total. The maximum Gasteiger partial charge on any atom is 0.142 e. The van der Waals surface area contributed by atoms with E-state index < -0.39 is 0 Å². The summed E-state index contributed by atoms with van der Waals surface area (Å²) in [5.41, 5.74) is 8.71. The van der Waals surface area contributed by atoms with Crippen molar-refractivity contribution in [2.24, 2.45) is 0 Å². The van der Waals surface area contributed by atoms with Gasteiger partial charge >= 0.3 is 0 Å². The average Bonchev–Trinajstić information content (AvgIpc) is 3.68. The fourth-order valence-corrected chi connectivity index (χ4v) is 6.64. The number of pyridine rings is 2. The first-order valence-electron chi connectivity index (χ1n) is 17.5. The van der Waals surface area contributed by atoms with E-state index in [9.17, 15) is 5.26 Å². The molecule has 0 saturated carbocycles. The van der Waals surface area contributed by atoms with Crippen molar-refractivity contribution in [2.75, 3.05) is 26.2 Å². The van der Waals surface area contributed by atoms with E-state index in [4.69, 9.17) is 25.8 Å². The lowest BCUT2D eigenvalue weighted by Gasteiger charge is -2.19. The molecule has 1 aliphatic rings. The third-order valence-corrected chi connectivity index (χ3v) is 9.55. The zero-order valence-corrected chi connectivity index (χ0v) is 30.1. The molecule has 3 heterocycles. The molecular weight excluding hydrogens is 658 g/mol. The summed E-state index contributed by atoms with van der Waals surface area (Å²) < 4.78 is 19.0. The quantitative estimate of drug-likeness (QED) is 0.102. The summed E-state index contributed by atoms with van der Waals surface area (Å²) in [4.78, 5) is 11.1. The van der Waals surface area contributed by atoms with Gasteiger partial charge in [0.25, 0.3) is 0 Å². The molecule has 0 amide bonds. The highest BCUT2D eigenvalue weighted by atomic mass is 35.5. The molecule has 6 rings (SSSR count). The van der Waals surface area contributed by atoms with Crippen molar-refractivity contribution < 1.29 is 14.2 Å². The molecule has 9 heteroatoms. The number of hydrogen-bond acceptors (Lipinski definition) is 8. The number of ether oxygens (including phenoxy) is 3. The van der Waals surface area contributed by atoms with Crippen LogP contribution in [0.15, 0.2) is 91.4 Å². The van der Waals surface area contributed by atoms with Crippen molar-refractivity contribution in [2.45, 2.75) is 59.4 Å². The van der Waals surface area contributed by atoms with Crippen LogP contribution in [0.2, 0.25) is 5.02 Å². The Kier molecular flexibility index (Phi) is 12.5. The van der Waals surface area contributed by atoms with Gasteiger partial charge in [0.1, 0.15) is 36.5 Å². The molecule has 0 unspecified atom stereocenters. The first-order chi connectivity index (χ1) is 25.0. The zero-order chi connectivity index (χ0) is 35.4. The summed E-state index contributed by atoms with van der Waals surface area (Å²) in [5.74, 6) is 2.08. The molecule has 8 nitrogen and oxygen atoms in total. The molecule has 0 radical (unpaired) electrons. The summed E-state index contributed by atoms with van der Waals surface area (Å²) in [7, 11) is 0. The third-order valence-electron chi connectivity index (χ3n) is 9.26. The predicted octanol–water partition coefficient (Wildman–Crippen LogP) is 8.60. The Morgan fingerprint density at radius 1 is 0.804 bits per heavy atom. The van der Waals surface area contributed by atoms with E-state index in [1.807, 2.05) is 30.3 Å². The minimum absolute atomic E-state index is 0.235. The van der Waals surface area contributed by atoms with Gasteiger partial charge in [0, 0.05) is 55.4 Å². The molecule has 0 aliphatic carbocycles. The minimum Gasteiger partial charge on any atom is -0.493 e. The van der Waals surface area contributed by atoms with E-state index in [-0.39, 0.29) is 6.61 Å². The second-order valence-electron chi connectivity index (χ2n) is 12.9. The zero-order valence-electron chi connectivity index (χ0n) is 29.3. The molecule has 0 atom stereocenters. The van der Waals surface area contributed by atoms with Crippen LogP contribution in [0.5, 0.6) is 17.2 Å². The van der Waals surface area contributed by atoms with E-state index >= 15 is 0 Å². The number of halogens is 1. The molecule has 1 aliphatic heterocycles. The summed E-state index contributed by atoms with van der Waals surface area (Å²) >= 11 is 6.83. The Bertz CT molecular complexity index is 1960. The maximum atomic E-state index is 9.32. The van der Waals surface area contributed by atoms with E-state index in [1.165, 1.54) is 32.1 Å². The maximum absolute atomic E-state index is 9.32. The number of aromatic nitrogens is 2. The Balaban J connectivity index is 1.16. The fraction of sp³-hybridized carbons (Fsp3) is 0.310. The Labute approximate surface area is 306 Å². The standard InChI is InChI=1S/C42H44ClN5O3/c1-30-34(10-7-12-37(30)38-13-8-14-40(31(38)2)49-19-9-18-48-16-5-6-17-48)29-51-42-22-41(50-28-33-20-32(23-44)24-45-25-33)35(21-39(42)43)26-46-27-36-11-3-4-15-47-36/h3-4,7-8,10-15,20-22,24-25,46H,5-6,9,16-19,26-29H2,1-2H3. The molecule has 3 aromatic carbocycles. The van der Waals surface area contributed by atoms with Gasteiger partial charge in [-0.15, -0.1) is 0 Å². The Morgan fingerprint density at radius 2 is 1.61 bits per heavy atom. The highest BCUT2D eigenvalue weighted by molar-refractivity contribution is 6.32. The molecule has 51 heavy (non-hydrogen) atoms. The number of nitrogens with one attached hydrogen (secondary N) is 1. The molecule has 262 valence electrons. The molecular formula is C42H44ClN5O3. The topological polar surface area (TPSA) is 92.5 Å². The monoisotopic (exact) mass is 701 g/mol. The summed E-state index contributed by atoms with van der Waals surface area (Å²) in [6.45, 7) is 10.1. The van der Waals surface area contributed by atoms with Crippen LogP contribution in [0.1, 0.15) is 58.3 Å². The van der Waals surface area contributed by atoms with E-state index in [2.05, 4.69) is 76.5 Å². The van der Waals surface area contributed by atoms with Crippen molar-refractivity contribution in [1.82, 2.24) is 20.2 Å². The minimum atomic E-state index is 0.235. The first kappa shape index (κ1) is 35.9. The van der Waals surface area contributed by atoms with Gasteiger partial charge in [-0.25, -0.2) is 0 Å². The van der Waals surface area contributed by atoms with Crippen LogP contribution in [0.4, 0.5) is 0 Å². The molecule has 0 bridgehead atoms. The average molecular weight is 702 g/mol. The third kappa shape index (κ3) is 9.65. The number of nitriles is 1.